The lowest BCUT2D eigenvalue weighted by molar-refractivity contribution is -0.117. The molecule has 0 aliphatic carbocycles. The lowest BCUT2D eigenvalue weighted by Gasteiger charge is -2.31. The van der Waals surface area contributed by atoms with Gasteiger partial charge < -0.3 is 14.6 Å². The maximum atomic E-state index is 12.0. The molecule has 2 aromatic rings. The smallest absolute Gasteiger partial charge is 0.244 e. The molecule has 0 atom stereocenters. The van der Waals surface area contributed by atoms with Crippen LogP contribution < -0.4 is 5.32 Å². The van der Waals surface area contributed by atoms with E-state index in [9.17, 15) is 4.79 Å². The van der Waals surface area contributed by atoms with Gasteiger partial charge in [-0.05, 0) is 37.9 Å². The number of amides is 1. The van der Waals surface area contributed by atoms with Crippen molar-refractivity contribution in [2.45, 2.75) is 32.2 Å². The number of nitrogens with one attached hydrogen (secondary N) is 1. The number of hydrogen-bond donors (Lipinski definition) is 1. The standard InChI is InChI=1S/C18H23N3O2/c1-2-11-21-12-9-14(10-13-21)19-17(22)7-8-18-20-15-5-3-4-6-16(15)23-18/h3-8,14H,2,9-13H2,1H3,(H,19,22)/b8-7+. The summed E-state index contributed by atoms with van der Waals surface area (Å²) in [5.74, 6) is 0.375. The Balaban J connectivity index is 1.51. The zero-order chi connectivity index (χ0) is 16.1. The number of carbonyl (C=O) groups is 1. The normalized spacial score (nSPS) is 17.1. The van der Waals surface area contributed by atoms with Crippen LogP contribution in [0.4, 0.5) is 0 Å². The molecule has 0 saturated carbocycles. The molecule has 122 valence electrons. The van der Waals surface area contributed by atoms with E-state index in [1.54, 1.807) is 6.08 Å². The second-order valence-corrected chi connectivity index (χ2v) is 5.98. The molecule has 0 bridgehead atoms. The van der Waals surface area contributed by atoms with Gasteiger partial charge in [-0.2, -0.15) is 0 Å². The summed E-state index contributed by atoms with van der Waals surface area (Å²) in [7, 11) is 0. The molecular formula is C18H23N3O2. The number of aromatic nitrogens is 1. The first-order valence-electron chi connectivity index (χ1n) is 8.31. The van der Waals surface area contributed by atoms with Crippen LogP contribution in [0.15, 0.2) is 34.8 Å². The van der Waals surface area contributed by atoms with Crippen molar-refractivity contribution in [2.75, 3.05) is 19.6 Å². The second-order valence-electron chi connectivity index (χ2n) is 5.98. The lowest BCUT2D eigenvalue weighted by Crippen LogP contribution is -2.44. The topological polar surface area (TPSA) is 58.4 Å². The highest BCUT2D eigenvalue weighted by Gasteiger charge is 2.19. The molecule has 0 unspecified atom stereocenters. The minimum absolute atomic E-state index is 0.0822. The number of nitrogens with zero attached hydrogens (tertiary/aromatic N) is 2. The van der Waals surface area contributed by atoms with Crippen LogP contribution in [-0.2, 0) is 4.79 Å². The molecular weight excluding hydrogens is 290 g/mol. The van der Waals surface area contributed by atoms with Crippen LogP contribution in [0.1, 0.15) is 32.1 Å². The summed E-state index contributed by atoms with van der Waals surface area (Å²) in [5.41, 5.74) is 1.53. The monoisotopic (exact) mass is 313 g/mol. The first kappa shape index (κ1) is 15.7. The van der Waals surface area contributed by atoms with Gasteiger partial charge in [0, 0.05) is 31.3 Å². The summed E-state index contributed by atoms with van der Waals surface area (Å²) >= 11 is 0. The quantitative estimate of drug-likeness (QED) is 0.862. The van der Waals surface area contributed by atoms with Gasteiger partial charge in [0.15, 0.2) is 5.58 Å². The molecule has 23 heavy (non-hydrogen) atoms. The number of piperidine rings is 1. The highest BCUT2D eigenvalue weighted by molar-refractivity contribution is 5.91. The fraction of sp³-hybridized carbons (Fsp3) is 0.444. The molecule has 1 aromatic carbocycles. The van der Waals surface area contributed by atoms with Crippen molar-refractivity contribution in [2.24, 2.45) is 0 Å². The number of oxazole rings is 1. The van der Waals surface area contributed by atoms with Gasteiger partial charge in [0.2, 0.25) is 11.8 Å². The fourth-order valence-electron chi connectivity index (χ4n) is 2.97. The summed E-state index contributed by atoms with van der Waals surface area (Å²) in [6.45, 7) is 5.48. The van der Waals surface area contributed by atoms with E-state index in [2.05, 4.69) is 22.1 Å². The van der Waals surface area contributed by atoms with Crippen LogP contribution in [-0.4, -0.2) is 41.5 Å². The Morgan fingerprint density at radius 3 is 2.91 bits per heavy atom. The van der Waals surface area contributed by atoms with Gasteiger partial charge in [-0.1, -0.05) is 19.1 Å². The predicted octanol–water partition coefficient (Wildman–Crippen LogP) is 2.83. The molecule has 5 heteroatoms. The second kappa shape index (κ2) is 7.42. The van der Waals surface area contributed by atoms with Gasteiger partial charge in [-0.25, -0.2) is 4.98 Å². The van der Waals surface area contributed by atoms with E-state index in [1.165, 1.54) is 12.5 Å². The Morgan fingerprint density at radius 2 is 2.17 bits per heavy atom. The third-order valence-corrected chi connectivity index (χ3v) is 4.16. The minimum atomic E-state index is -0.0822. The molecule has 5 nitrogen and oxygen atoms in total. The van der Waals surface area contributed by atoms with E-state index in [-0.39, 0.29) is 11.9 Å². The largest absolute Gasteiger partial charge is 0.437 e. The zero-order valence-corrected chi connectivity index (χ0v) is 13.5. The van der Waals surface area contributed by atoms with Crippen molar-refractivity contribution in [3.63, 3.8) is 0 Å². The Hall–Kier alpha value is -2.14. The van der Waals surface area contributed by atoms with Crippen molar-refractivity contribution in [1.82, 2.24) is 15.2 Å². The van der Waals surface area contributed by atoms with Crippen LogP contribution in [0.5, 0.6) is 0 Å². The van der Waals surface area contributed by atoms with Crippen molar-refractivity contribution in [3.05, 3.63) is 36.2 Å². The fourth-order valence-corrected chi connectivity index (χ4v) is 2.97. The molecule has 3 rings (SSSR count). The average Bonchev–Trinajstić information content (AvgIpc) is 2.98. The first-order valence-corrected chi connectivity index (χ1v) is 8.31. The summed E-state index contributed by atoms with van der Waals surface area (Å²) in [6, 6.07) is 7.84. The maximum Gasteiger partial charge on any atom is 0.244 e. The molecule has 1 aliphatic heterocycles. The van der Waals surface area contributed by atoms with Crippen molar-refractivity contribution < 1.29 is 9.21 Å². The van der Waals surface area contributed by atoms with Gasteiger partial charge in [0.25, 0.3) is 0 Å². The van der Waals surface area contributed by atoms with Gasteiger partial charge >= 0.3 is 0 Å². The van der Waals surface area contributed by atoms with E-state index in [0.717, 1.165) is 43.6 Å². The number of carbonyl (C=O) groups excluding carboxylic acids is 1. The third-order valence-electron chi connectivity index (χ3n) is 4.16. The molecule has 2 heterocycles. The Bertz CT molecular complexity index is 651. The molecule has 0 spiro atoms. The van der Waals surface area contributed by atoms with Gasteiger partial charge in [0.1, 0.15) is 5.52 Å². The number of benzene rings is 1. The number of para-hydroxylation sites is 2. The van der Waals surface area contributed by atoms with Gasteiger partial charge in [-0.3, -0.25) is 4.79 Å². The van der Waals surface area contributed by atoms with Crippen LogP contribution in [0.3, 0.4) is 0 Å². The SMILES string of the molecule is CCCN1CCC(NC(=O)/C=C/c2nc3ccccc3o2)CC1. The number of fused-ring (bicyclic) bond motifs is 1. The zero-order valence-electron chi connectivity index (χ0n) is 13.5. The molecule has 1 amide bonds. The number of rotatable bonds is 5. The Labute approximate surface area is 136 Å². The minimum Gasteiger partial charge on any atom is -0.437 e. The van der Waals surface area contributed by atoms with Crippen molar-refractivity contribution in [3.8, 4) is 0 Å². The molecule has 1 fully saturated rings. The molecule has 1 saturated heterocycles. The van der Waals surface area contributed by atoms with E-state index < -0.39 is 0 Å². The van der Waals surface area contributed by atoms with Crippen LogP contribution in [0.2, 0.25) is 0 Å². The van der Waals surface area contributed by atoms with Crippen LogP contribution in [0.25, 0.3) is 17.2 Å². The Kier molecular flexibility index (Phi) is 5.08. The average molecular weight is 313 g/mol. The van der Waals surface area contributed by atoms with E-state index in [4.69, 9.17) is 4.42 Å². The number of likely N-dealkylation sites (tertiary alicyclic amines) is 1. The van der Waals surface area contributed by atoms with Crippen LogP contribution >= 0.6 is 0 Å². The maximum absolute atomic E-state index is 12.0. The molecule has 1 aliphatic rings. The van der Waals surface area contributed by atoms with Crippen molar-refractivity contribution in [1.29, 1.82) is 0 Å². The molecule has 1 N–H and O–H groups in total. The van der Waals surface area contributed by atoms with E-state index in [1.807, 2.05) is 24.3 Å². The summed E-state index contributed by atoms with van der Waals surface area (Å²) in [5, 5.41) is 3.06. The molecule has 1 aromatic heterocycles. The van der Waals surface area contributed by atoms with Crippen LogP contribution in [0, 0.1) is 0 Å². The van der Waals surface area contributed by atoms with Gasteiger partial charge in [-0.15, -0.1) is 0 Å². The van der Waals surface area contributed by atoms with Gasteiger partial charge in [0.05, 0.1) is 0 Å². The highest BCUT2D eigenvalue weighted by atomic mass is 16.3. The lowest BCUT2D eigenvalue weighted by atomic mass is 10.0. The summed E-state index contributed by atoms with van der Waals surface area (Å²) in [6.07, 6.45) is 6.35. The Morgan fingerprint density at radius 1 is 1.39 bits per heavy atom. The van der Waals surface area contributed by atoms with E-state index in [0.29, 0.717) is 5.89 Å². The molecule has 0 radical (unpaired) electrons. The third kappa shape index (κ3) is 4.20. The highest BCUT2D eigenvalue weighted by Crippen LogP contribution is 2.15. The predicted molar refractivity (Wildman–Crippen MR) is 90.9 cm³/mol. The first-order chi connectivity index (χ1) is 11.2. The number of hydrogen-bond acceptors (Lipinski definition) is 4. The van der Waals surface area contributed by atoms with Crippen molar-refractivity contribution >= 4 is 23.1 Å². The van der Waals surface area contributed by atoms with E-state index >= 15 is 0 Å². The summed E-state index contributed by atoms with van der Waals surface area (Å²) in [4.78, 5) is 18.8. The summed E-state index contributed by atoms with van der Waals surface area (Å²) < 4.78 is 5.56.